The van der Waals surface area contributed by atoms with E-state index < -0.39 is 15.9 Å². The molecule has 95 valence electrons. The molecule has 9 heteroatoms. The fourth-order valence-corrected chi connectivity index (χ4v) is 2.30. The fourth-order valence-electron chi connectivity index (χ4n) is 1.59. The van der Waals surface area contributed by atoms with E-state index in [0.717, 1.165) is 0 Å². The molecule has 0 saturated carbocycles. The van der Waals surface area contributed by atoms with Crippen molar-refractivity contribution in [2.75, 3.05) is 0 Å². The van der Waals surface area contributed by atoms with Crippen LogP contribution in [0.1, 0.15) is 0 Å². The van der Waals surface area contributed by atoms with Gasteiger partial charge in [0.1, 0.15) is 4.90 Å². The predicted octanol–water partition coefficient (Wildman–Crippen LogP) is 0.439. The van der Waals surface area contributed by atoms with Crippen LogP contribution >= 0.6 is 0 Å². The van der Waals surface area contributed by atoms with Crippen LogP contribution in [0.4, 0.5) is 5.69 Å². The second-order valence-electron chi connectivity index (χ2n) is 3.34. The van der Waals surface area contributed by atoms with Crippen molar-refractivity contribution >= 4 is 56.1 Å². The summed E-state index contributed by atoms with van der Waals surface area (Å²) in [5.74, 6) is -0.601. The Kier molecular flexibility index (Phi) is 5.89. The summed E-state index contributed by atoms with van der Waals surface area (Å²) < 4.78 is 31.2. The summed E-state index contributed by atoms with van der Waals surface area (Å²) in [5.41, 5.74) is -0.190. The average molecular weight is 291 g/mol. The molecule has 0 bridgehead atoms. The number of hydrogen-bond donors (Lipinski definition) is 1. The molecule has 19 heavy (non-hydrogen) atoms. The van der Waals surface area contributed by atoms with Crippen molar-refractivity contribution < 1.29 is 23.6 Å². The molecule has 2 rings (SSSR count). The van der Waals surface area contributed by atoms with Gasteiger partial charge in [-0.3, -0.25) is 4.55 Å². The molecule has 0 atom stereocenters. The van der Waals surface area contributed by atoms with Gasteiger partial charge >= 0.3 is 5.69 Å². The Morgan fingerprint density at radius 2 is 1.79 bits per heavy atom. The minimum absolute atomic E-state index is 0. The van der Waals surface area contributed by atoms with Gasteiger partial charge in [0.05, 0.1) is 0 Å². The maximum absolute atomic E-state index is 11.7. The summed E-state index contributed by atoms with van der Waals surface area (Å²) >= 11 is 0. The van der Waals surface area contributed by atoms with Crippen molar-refractivity contribution in [3.63, 3.8) is 0 Å². The number of fused-ring (bicyclic) bond motifs is 1. The van der Waals surface area contributed by atoms with E-state index in [4.69, 9.17) is 9.95 Å². The molecule has 0 amide bonds. The van der Waals surface area contributed by atoms with Crippen molar-refractivity contribution in [2.45, 2.75) is 4.90 Å². The molecule has 0 unspecified atom stereocenters. The smallest absolute Gasteiger partial charge is 0.378 e. The van der Waals surface area contributed by atoms with E-state index in [2.05, 4.69) is 4.98 Å². The molecular formula is C10H8N2NaO5S. The van der Waals surface area contributed by atoms with E-state index >= 15 is 0 Å². The Balaban J connectivity index is 0.00000162. The first-order valence-corrected chi connectivity index (χ1v) is 5.94. The topological polar surface area (TPSA) is 137 Å². The zero-order chi connectivity index (χ0) is 12.6. The third kappa shape index (κ3) is 3.22. The van der Waals surface area contributed by atoms with E-state index in [1.54, 1.807) is 0 Å². The first-order valence-electron chi connectivity index (χ1n) is 4.50. The van der Waals surface area contributed by atoms with Crippen LogP contribution < -0.4 is 5.11 Å². The first-order chi connectivity index (χ1) is 7.95. The summed E-state index contributed by atoms with van der Waals surface area (Å²) in [5, 5.41) is 20.4. The average Bonchev–Trinajstić information content (AvgIpc) is 2.28. The molecule has 1 radical (unpaired) electrons. The van der Waals surface area contributed by atoms with Crippen LogP contribution in [0, 0.1) is 5.39 Å². The van der Waals surface area contributed by atoms with Crippen LogP contribution in [-0.2, 0) is 10.1 Å². The summed E-state index contributed by atoms with van der Waals surface area (Å²) in [6, 6.07) is 6.39. The van der Waals surface area contributed by atoms with E-state index in [1.165, 1.54) is 30.3 Å². The van der Waals surface area contributed by atoms with Crippen LogP contribution in [0.25, 0.3) is 15.7 Å². The van der Waals surface area contributed by atoms with Gasteiger partial charge in [0.2, 0.25) is 5.39 Å². The molecule has 2 aromatic rings. The zero-order valence-electron chi connectivity index (χ0n) is 9.86. The van der Waals surface area contributed by atoms with Gasteiger partial charge < -0.3 is 10.6 Å². The minimum Gasteiger partial charge on any atom is -0.867 e. The number of hydrogen-bond acceptors (Lipinski definition) is 4. The standard InChI is InChI=1S/C10H6N2O4S.Na.H2O/c11-12-8-5-4-6-7(10(8)13)2-1-3-9(6)17(14,15)16;;/h1-5H,(H-,13,14,15,16);;1H2. The second-order valence-corrected chi connectivity index (χ2v) is 4.73. The van der Waals surface area contributed by atoms with E-state index in [1.807, 2.05) is 0 Å². The number of benzene rings is 2. The van der Waals surface area contributed by atoms with Crippen molar-refractivity contribution in [3.8, 4) is 5.75 Å². The van der Waals surface area contributed by atoms with Crippen molar-refractivity contribution in [2.24, 2.45) is 0 Å². The third-order valence-corrected chi connectivity index (χ3v) is 3.25. The van der Waals surface area contributed by atoms with Crippen LogP contribution in [0.3, 0.4) is 0 Å². The number of diazo groups is 1. The minimum atomic E-state index is -4.40. The van der Waals surface area contributed by atoms with Gasteiger partial charge in [0, 0.05) is 41.0 Å². The molecule has 0 aromatic heterocycles. The Hall–Kier alpha value is -1.21. The van der Waals surface area contributed by atoms with Gasteiger partial charge in [0.15, 0.2) is 4.98 Å². The Morgan fingerprint density at radius 1 is 1.16 bits per heavy atom. The summed E-state index contributed by atoms with van der Waals surface area (Å²) in [4.78, 5) is 2.44. The Morgan fingerprint density at radius 3 is 2.32 bits per heavy atom. The Bertz CT molecular complexity index is 754. The molecule has 3 N–H and O–H groups in total. The molecule has 0 saturated heterocycles. The van der Waals surface area contributed by atoms with Crippen molar-refractivity contribution in [1.29, 1.82) is 5.39 Å². The molecule has 0 aliphatic carbocycles. The second kappa shape index (κ2) is 6.29. The maximum atomic E-state index is 11.7. The van der Waals surface area contributed by atoms with Crippen molar-refractivity contribution in [1.82, 2.24) is 0 Å². The van der Waals surface area contributed by atoms with Gasteiger partial charge in [0.25, 0.3) is 10.1 Å². The fraction of sp³-hybridized carbons (Fsp3) is 0. The Labute approximate surface area is 130 Å². The summed E-state index contributed by atoms with van der Waals surface area (Å²) in [6.07, 6.45) is 0. The van der Waals surface area contributed by atoms with Gasteiger partial charge in [-0.2, -0.15) is 8.42 Å². The molecule has 0 heterocycles. The van der Waals surface area contributed by atoms with Crippen LogP contribution in [0.5, 0.6) is 5.75 Å². The van der Waals surface area contributed by atoms with Crippen molar-refractivity contribution in [3.05, 3.63) is 35.3 Å². The first kappa shape index (κ1) is 17.8. The van der Waals surface area contributed by atoms with Gasteiger partial charge in [-0.25, -0.2) is 0 Å². The van der Waals surface area contributed by atoms with E-state index in [-0.39, 0.29) is 56.4 Å². The molecule has 0 spiro atoms. The van der Waals surface area contributed by atoms with Crippen LogP contribution in [0.15, 0.2) is 35.2 Å². The third-order valence-electron chi connectivity index (χ3n) is 2.34. The number of rotatable bonds is 1. The quantitative estimate of drug-likeness (QED) is 0.461. The van der Waals surface area contributed by atoms with Gasteiger partial charge in [-0.05, 0) is 23.3 Å². The zero-order valence-corrected chi connectivity index (χ0v) is 12.7. The SMILES string of the molecule is N#[N+]c1ccc2c(S(=O)(=O)O)cccc2c1[O-].O.[Na]. The molecule has 2 aromatic carbocycles. The molecule has 0 aliphatic heterocycles. The molecule has 7 nitrogen and oxygen atoms in total. The van der Waals surface area contributed by atoms with E-state index in [9.17, 15) is 13.5 Å². The number of nitrogens with zero attached hydrogens (tertiary/aromatic N) is 2. The summed E-state index contributed by atoms with van der Waals surface area (Å²) in [6.45, 7) is 0. The monoisotopic (exact) mass is 291 g/mol. The van der Waals surface area contributed by atoms with E-state index in [0.29, 0.717) is 0 Å². The van der Waals surface area contributed by atoms with Gasteiger partial charge in [-0.1, -0.05) is 12.1 Å². The summed E-state index contributed by atoms with van der Waals surface area (Å²) in [7, 11) is -4.40. The predicted molar refractivity (Wildman–Crippen MR) is 67.3 cm³/mol. The molecule has 0 aliphatic rings. The van der Waals surface area contributed by atoms with Crippen LogP contribution in [-0.4, -0.2) is 48.0 Å². The molecular weight excluding hydrogens is 283 g/mol. The largest absolute Gasteiger partial charge is 0.867 e. The van der Waals surface area contributed by atoms with Crippen LogP contribution in [0.2, 0.25) is 0 Å². The normalized spacial score (nSPS) is 10.1. The maximum Gasteiger partial charge on any atom is 0.378 e. The molecule has 0 fully saturated rings. The van der Waals surface area contributed by atoms with Gasteiger partial charge in [-0.15, -0.1) is 0 Å².